The maximum absolute atomic E-state index is 8.92. The topological polar surface area (TPSA) is 74.7 Å². The van der Waals surface area contributed by atoms with Gasteiger partial charge in [0.1, 0.15) is 6.07 Å². The molecular formula is C15H14N4. The Morgan fingerprint density at radius 2 is 2.21 bits per heavy atom. The molecular weight excluding hydrogens is 236 g/mol. The van der Waals surface area contributed by atoms with Crippen molar-refractivity contribution in [2.75, 3.05) is 17.6 Å². The van der Waals surface area contributed by atoms with Crippen molar-refractivity contribution in [1.82, 2.24) is 4.98 Å². The van der Waals surface area contributed by atoms with Gasteiger partial charge >= 0.3 is 0 Å². The molecule has 0 bridgehead atoms. The maximum atomic E-state index is 8.92. The standard InChI is InChI=1S/C15H14N4/c16-8-11-5-6-18-15(14(11)17)19-9-12-7-10-3-1-2-4-13(10)12/h1-6,12H,7,9,17H2,(H,18,19). The van der Waals surface area contributed by atoms with Gasteiger partial charge in [0.15, 0.2) is 5.82 Å². The van der Waals surface area contributed by atoms with E-state index in [1.807, 2.05) is 0 Å². The molecule has 1 aliphatic carbocycles. The zero-order chi connectivity index (χ0) is 13.2. The quantitative estimate of drug-likeness (QED) is 0.876. The smallest absolute Gasteiger partial charge is 0.150 e. The largest absolute Gasteiger partial charge is 0.395 e. The van der Waals surface area contributed by atoms with Gasteiger partial charge in [0.05, 0.1) is 11.3 Å². The minimum absolute atomic E-state index is 0.428. The molecule has 1 atom stereocenters. The number of hydrogen-bond acceptors (Lipinski definition) is 4. The first-order valence-corrected chi connectivity index (χ1v) is 6.26. The van der Waals surface area contributed by atoms with Crippen LogP contribution in [0, 0.1) is 11.3 Å². The molecule has 19 heavy (non-hydrogen) atoms. The summed E-state index contributed by atoms with van der Waals surface area (Å²) >= 11 is 0. The van der Waals surface area contributed by atoms with Crippen LogP contribution in [0.2, 0.25) is 0 Å². The number of nitrogens with zero attached hydrogens (tertiary/aromatic N) is 2. The number of pyridine rings is 1. The monoisotopic (exact) mass is 250 g/mol. The van der Waals surface area contributed by atoms with Crippen molar-refractivity contribution in [3.05, 3.63) is 53.2 Å². The zero-order valence-electron chi connectivity index (χ0n) is 10.4. The number of benzene rings is 1. The summed E-state index contributed by atoms with van der Waals surface area (Å²) in [7, 11) is 0. The molecule has 1 heterocycles. The Balaban J connectivity index is 1.71. The molecule has 0 radical (unpaired) electrons. The zero-order valence-corrected chi connectivity index (χ0v) is 10.4. The molecule has 0 aliphatic heterocycles. The molecule has 4 nitrogen and oxygen atoms in total. The minimum atomic E-state index is 0.428. The summed E-state index contributed by atoms with van der Waals surface area (Å²) < 4.78 is 0. The molecule has 94 valence electrons. The summed E-state index contributed by atoms with van der Waals surface area (Å²) in [6, 6.07) is 12.1. The third-order valence-electron chi connectivity index (χ3n) is 3.59. The SMILES string of the molecule is N#Cc1ccnc(NCC2Cc3ccccc32)c1N. The fraction of sp³-hybridized carbons (Fsp3) is 0.200. The van der Waals surface area contributed by atoms with E-state index in [1.54, 1.807) is 12.3 Å². The fourth-order valence-electron chi connectivity index (χ4n) is 2.48. The van der Waals surface area contributed by atoms with E-state index in [0.717, 1.165) is 13.0 Å². The summed E-state index contributed by atoms with van der Waals surface area (Å²) in [6.45, 7) is 0.795. The number of aromatic nitrogens is 1. The molecule has 0 amide bonds. The maximum Gasteiger partial charge on any atom is 0.150 e. The highest BCUT2D eigenvalue weighted by molar-refractivity contribution is 5.69. The van der Waals surface area contributed by atoms with Crippen molar-refractivity contribution in [2.24, 2.45) is 0 Å². The normalized spacial score (nSPS) is 16.1. The van der Waals surface area contributed by atoms with E-state index < -0.39 is 0 Å². The van der Waals surface area contributed by atoms with Crippen LogP contribution in [0.15, 0.2) is 36.5 Å². The van der Waals surface area contributed by atoms with Crippen LogP contribution < -0.4 is 11.1 Å². The number of nitrogen functional groups attached to an aromatic ring is 1. The fourth-order valence-corrected chi connectivity index (χ4v) is 2.48. The first-order valence-electron chi connectivity index (χ1n) is 6.26. The minimum Gasteiger partial charge on any atom is -0.395 e. The number of anilines is 2. The molecule has 1 aromatic heterocycles. The molecule has 0 spiro atoms. The second kappa shape index (κ2) is 4.62. The lowest BCUT2D eigenvalue weighted by molar-refractivity contribution is 0.635. The van der Waals surface area contributed by atoms with Gasteiger partial charge < -0.3 is 11.1 Å². The van der Waals surface area contributed by atoms with Crippen LogP contribution in [0.5, 0.6) is 0 Å². The van der Waals surface area contributed by atoms with Crippen molar-refractivity contribution in [3.8, 4) is 6.07 Å². The van der Waals surface area contributed by atoms with Gasteiger partial charge in [-0.05, 0) is 23.6 Å². The molecule has 4 heteroatoms. The van der Waals surface area contributed by atoms with Crippen molar-refractivity contribution in [2.45, 2.75) is 12.3 Å². The lowest BCUT2D eigenvalue weighted by Crippen LogP contribution is -2.24. The van der Waals surface area contributed by atoms with E-state index in [-0.39, 0.29) is 0 Å². The number of hydrogen-bond donors (Lipinski definition) is 2. The summed E-state index contributed by atoms with van der Waals surface area (Å²) in [4.78, 5) is 4.19. The number of fused-ring (bicyclic) bond motifs is 1. The van der Waals surface area contributed by atoms with Crippen molar-refractivity contribution in [3.63, 3.8) is 0 Å². The summed E-state index contributed by atoms with van der Waals surface area (Å²) in [5.41, 5.74) is 9.59. The van der Waals surface area contributed by atoms with E-state index in [1.165, 1.54) is 11.1 Å². The Labute approximate surface area is 111 Å². The molecule has 3 N–H and O–H groups in total. The summed E-state index contributed by atoms with van der Waals surface area (Å²) in [6.07, 6.45) is 2.69. The first-order chi connectivity index (χ1) is 9.29. The second-order valence-electron chi connectivity index (χ2n) is 4.71. The Bertz CT molecular complexity index is 657. The van der Waals surface area contributed by atoms with Gasteiger partial charge in [-0.1, -0.05) is 24.3 Å². The lowest BCUT2D eigenvalue weighted by Gasteiger charge is -2.30. The summed E-state index contributed by atoms with van der Waals surface area (Å²) in [5.74, 6) is 1.10. The van der Waals surface area contributed by atoms with Crippen molar-refractivity contribution < 1.29 is 0 Å². The van der Waals surface area contributed by atoms with E-state index in [2.05, 4.69) is 40.6 Å². The van der Waals surface area contributed by atoms with Crippen LogP contribution in [0.25, 0.3) is 0 Å². The molecule has 0 saturated heterocycles. The van der Waals surface area contributed by atoms with Crippen LogP contribution in [0.3, 0.4) is 0 Å². The highest BCUT2D eigenvalue weighted by Crippen LogP contribution is 2.35. The number of nitriles is 1. The van der Waals surface area contributed by atoms with Gasteiger partial charge in [0.25, 0.3) is 0 Å². The van der Waals surface area contributed by atoms with E-state index >= 15 is 0 Å². The van der Waals surface area contributed by atoms with Gasteiger partial charge in [0.2, 0.25) is 0 Å². The predicted molar refractivity (Wildman–Crippen MR) is 74.7 cm³/mol. The number of nitrogens with one attached hydrogen (secondary N) is 1. The van der Waals surface area contributed by atoms with Crippen LogP contribution >= 0.6 is 0 Å². The van der Waals surface area contributed by atoms with E-state index in [0.29, 0.717) is 23.0 Å². The molecule has 3 rings (SSSR count). The van der Waals surface area contributed by atoms with E-state index in [4.69, 9.17) is 11.0 Å². The van der Waals surface area contributed by atoms with Crippen molar-refractivity contribution >= 4 is 11.5 Å². The third-order valence-corrected chi connectivity index (χ3v) is 3.59. The third kappa shape index (κ3) is 2.00. The lowest BCUT2D eigenvalue weighted by atomic mass is 9.77. The number of nitrogens with two attached hydrogens (primary N) is 1. The molecule has 0 fully saturated rings. The molecule has 1 unspecified atom stereocenters. The average molecular weight is 250 g/mol. The van der Waals surface area contributed by atoms with Crippen LogP contribution in [0.1, 0.15) is 22.6 Å². The highest BCUT2D eigenvalue weighted by atomic mass is 15.0. The Morgan fingerprint density at radius 3 is 3.00 bits per heavy atom. The Hall–Kier alpha value is -2.54. The van der Waals surface area contributed by atoms with Gasteiger partial charge in [-0.2, -0.15) is 5.26 Å². The Morgan fingerprint density at radius 1 is 1.37 bits per heavy atom. The van der Waals surface area contributed by atoms with Gasteiger partial charge in [-0.3, -0.25) is 0 Å². The van der Waals surface area contributed by atoms with Crippen molar-refractivity contribution in [1.29, 1.82) is 5.26 Å². The first kappa shape index (κ1) is 11.5. The van der Waals surface area contributed by atoms with Crippen LogP contribution in [-0.2, 0) is 6.42 Å². The van der Waals surface area contributed by atoms with Gasteiger partial charge in [-0.15, -0.1) is 0 Å². The molecule has 1 aromatic carbocycles. The predicted octanol–water partition coefficient (Wildman–Crippen LogP) is 2.29. The molecule has 1 aliphatic rings. The number of rotatable bonds is 3. The van der Waals surface area contributed by atoms with Crippen LogP contribution in [0.4, 0.5) is 11.5 Å². The highest BCUT2D eigenvalue weighted by Gasteiger charge is 2.25. The summed E-state index contributed by atoms with van der Waals surface area (Å²) in [5, 5.41) is 12.2. The van der Waals surface area contributed by atoms with E-state index in [9.17, 15) is 0 Å². The average Bonchev–Trinajstić information content (AvgIpc) is 2.41. The van der Waals surface area contributed by atoms with Gasteiger partial charge in [0, 0.05) is 18.7 Å². The molecule has 2 aromatic rings. The Kier molecular flexibility index (Phi) is 2.81. The van der Waals surface area contributed by atoms with Gasteiger partial charge in [-0.25, -0.2) is 4.98 Å². The van der Waals surface area contributed by atoms with Crippen LogP contribution in [-0.4, -0.2) is 11.5 Å². The molecule has 0 saturated carbocycles. The second-order valence-corrected chi connectivity index (χ2v) is 4.71.